The minimum Gasteiger partial charge on any atom is -0.484 e. The normalized spacial score (nSPS) is 28.8. The summed E-state index contributed by atoms with van der Waals surface area (Å²) in [5.41, 5.74) is 0.0822. The van der Waals surface area contributed by atoms with E-state index in [1.165, 1.54) is 0 Å². The van der Waals surface area contributed by atoms with Crippen LogP contribution in [-0.2, 0) is 4.79 Å². The Morgan fingerprint density at radius 3 is 3.00 bits per heavy atom. The van der Waals surface area contributed by atoms with Gasteiger partial charge in [-0.25, -0.2) is 0 Å². The first-order valence-corrected chi connectivity index (χ1v) is 7.91. The van der Waals surface area contributed by atoms with Crippen molar-refractivity contribution >= 4 is 5.91 Å². The molecule has 0 spiro atoms. The first kappa shape index (κ1) is 14.4. The number of amides is 1. The monoisotopic (exact) mass is 288 g/mol. The number of likely N-dealkylation sites (tertiary alicyclic amines) is 1. The van der Waals surface area contributed by atoms with Crippen molar-refractivity contribution in [1.82, 2.24) is 10.2 Å². The maximum atomic E-state index is 12.5. The van der Waals surface area contributed by atoms with E-state index in [4.69, 9.17) is 4.74 Å². The number of carbonyl (C=O) groups excluding carboxylic acids is 1. The second kappa shape index (κ2) is 6.06. The maximum absolute atomic E-state index is 12.5. The fraction of sp³-hybridized carbons (Fsp3) is 0.588. The zero-order chi connectivity index (χ0) is 14.7. The second-order valence-corrected chi connectivity index (χ2v) is 6.29. The minimum absolute atomic E-state index is 0.0822. The standard InChI is InChI=1S/C17H24N2O2/c1-17-10-6-12-19(15(17)9-5-11-18-17)16(20)13-21-14-7-3-2-4-8-14/h2-4,7-8,15,18H,5-6,9-13H2,1H3/t15-,17+/m1/s1. The van der Waals surface area contributed by atoms with E-state index in [1.54, 1.807) is 0 Å². The Labute approximate surface area is 126 Å². The highest BCUT2D eigenvalue weighted by molar-refractivity contribution is 5.78. The topological polar surface area (TPSA) is 41.6 Å². The van der Waals surface area contributed by atoms with Crippen LogP contribution in [0.1, 0.15) is 32.6 Å². The van der Waals surface area contributed by atoms with Crippen LogP contribution >= 0.6 is 0 Å². The number of benzene rings is 1. The molecular formula is C17H24N2O2. The Morgan fingerprint density at radius 2 is 2.19 bits per heavy atom. The van der Waals surface area contributed by atoms with Crippen LogP contribution in [0.2, 0.25) is 0 Å². The summed E-state index contributed by atoms with van der Waals surface area (Å²) in [5, 5.41) is 3.62. The van der Waals surface area contributed by atoms with Gasteiger partial charge in [0.05, 0.1) is 0 Å². The van der Waals surface area contributed by atoms with Crippen LogP contribution in [-0.4, -0.2) is 42.1 Å². The molecule has 0 aromatic heterocycles. The highest BCUT2D eigenvalue weighted by Gasteiger charge is 2.43. The van der Waals surface area contributed by atoms with Crippen molar-refractivity contribution in [2.24, 2.45) is 0 Å². The number of nitrogens with zero attached hydrogens (tertiary/aromatic N) is 1. The number of ether oxygens (including phenoxy) is 1. The molecule has 1 amide bonds. The van der Waals surface area contributed by atoms with E-state index in [0.717, 1.165) is 44.5 Å². The predicted molar refractivity (Wildman–Crippen MR) is 82.3 cm³/mol. The average molecular weight is 288 g/mol. The molecule has 3 rings (SSSR count). The van der Waals surface area contributed by atoms with Crippen LogP contribution in [0, 0.1) is 0 Å². The van der Waals surface area contributed by atoms with Crippen LogP contribution in [0.15, 0.2) is 30.3 Å². The molecule has 114 valence electrons. The Hall–Kier alpha value is -1.55. The summed E-state index contributed by atoms with van der Waals surface area (Å²) in [5.74, 6) is 0.867. The summed E-state index contributed by atoms with van der Waals surface area (Å²) < 4.78 is 5.62. The van der Waals surface area contributed by atoms with E-state index in [1.807, 2.05) is 35.2 Å². The summed E-state index contributed by atoms with van der Waals surface area (Å²) in [6, 6.07) is 9.86. The first-order valence-electron chi connectivity index (χ1n) is 7.91. The van der Waals surface area contributed by atoms with E-state index >= 15 is 0 Å². The van der Waals surface area contributed by atoms with Gasteiger partial charge in [0.15, 0.2) is 6.61 Å². The molecule has 0 aliphatic carbocycles. The Balaban J connectivity index is 1.63. The number of hydrogen-bond donors (Lipinski definition) is 1. The van der Waals surface area contributed by atoms with Crippen LogP contribution in [0.3, 0.4) is 0 Å². The number of carbonyl (C=O) groups is 1. The molecule has 0 bridgehead atoms. The van der Waals surface area contributed by atoms with Gasteiger partial charge in [-0.05, 0) is 51.3 Å². The quantitative estimate of drug-likeness (QED) is 0.927. The van der Waals surface area contributed by atoms with Crippen molar-refractivity contribution in [3.8, 4) is 5.75 Å². The molecule has 2 aliphatic heterocycles. The Kier molecular flexibility index (Phi) is 4.15. The smallest absolute Gasteiger partial charge is 0.260 e. The van der Waals surface area contributed by atoms with Crippen molar-refractivity contribution in [3.63, 3.8) is 0 Å². The van der Waals surface area contributed by atoms with Crippen molar-refractivity contribution in [1.29, 1.82) is 0 Å². The molecule has 1 aromatic rings. The van der Waals surface area contributed by atoms with E-state index in [9.17, 15) is 4.79 Å². The van der Waals surface area contributed by atoms with E-state index in [0.29, 0.717) is 6.04 Å². The van der Waals surface area contributed by atoms with Gasteiger partial charge in [-0.3, -0.25) is 4.79 Å². The number of piperidine rings is 2. The summed E-state index contributed by atoms with van der Waals surface area (Å²) in [6.07, 6.45) is 4.46. The molecule has 2 saturated heterocycles. The lowest BCUT2D eigenvalue weighted by molar-refractivity contribution is -0.140. The molecule has 1 N–H and O–H groups in total. The molecule has 0 saturated carbocycles. The molecule has 21 heavy (non-hydrogen) atoms. The summed E-state index contributed by atoms with van der Waals surface area (Å²) in [6.45, 7) is 4.32. The summed E-state index contributed by atoms with van der Waals surface area (Å²) in [4.78, 5) is 14.6. The van der Waals surface area contributed by atoms with E-state index in [-0.39, 0.29) is 18.1 Å². The minimum atomic E-state index is 0.0822. The molecule has 2 atom stereocenters. The zero-order valence-electron chi connectivity index (χ0n) is 12.7. The molecular weight excluding hydrogens is 264 g/mol. The highest BCUT2D eigenvalue weighted by atomic mass is 16.5. The third-order valence-corrected chi connectivity index (χ3v) is 4.82. The number of para-hydroxylation sites is 1. The first-order chi connectivity index (χ1) is 10.2. The van der Waals surface area contributed by atoms with Gasteiger partial charge in [-0.15, -0.1) is 0 Å². The van der Waals surface area contributed by atoms with Gasteiger partial charge >= 0.3 is 0 Å². The lowest BCUT2D eigenvalue weighted by atomic mass is 9.78. The number of nitrogens with one attached hydrogen (secondary N) is 1. The van der Waals surface area contributed by atoms with Crippen LogP contribution in [0.4, 0.5) is 0 Å². The number of rotatable bonds is 3. The van der Waals surface area contributed by atoms with Gasteiger partial charge in [0.2, 0.25) is 0 Å². The largest absolute Gasteiger partial charge is 0.484 e. The SMILES string of the molecule is C[C@]12CCCN(C(=O)COc3ccccc3)[C@@H]1CCCN2. The molecule has 0 radical (unpaired) electrons. The van der Waals surface area contributed by atoms with Gasteiger partial charge in [0.1, 0.15) is 5.75 Å². The van der Waals surface area contributed by atoms with E-state index < -0.39 is 0 Å². The van der Waals surface area contributed by atoms with Crippen LogP contribution < -0.4 is 10.1 Å². The van der Waals surface area contributed by atoms with Gasteiger partial charge in [-0.1, -0.05) is 18.2 Å². The molecule has 4 heteroatoms. The Bertz CT molecular complexity index is 487. The molecule has 1 aromatic carbocycles. The van der Waals surface area contributed by atoms with Gasteiger partial charge < -0.3 is 15.0 Å². The fourth-order valence-electron chi connectivity index (χ4n) is 3.68. The third kappa shape index (κ3) is 3.05. The average Bonchev–Trinajstić information content (AvgIpc) is 2.52. The van der Waals surface area contributed by atoms with Crippen molar-refractivity contribution in [3.05, 3.63) is 30.3 Å². The lowest BCUT2D eigenvalue weighted by Crippen LogP contribution is -2.66. The van der Waals surface area contributed by atoms with Gasteiger partial charge in [0, 0.05) is 18.1 Å². The predicted octanol–water partition coefficient (Wildman–Crippen LogP) is 2.20. The van der Waals surface area contributed by atoms with Crippen molar-refractivity contribution in [2.75, 3.05) is 19.7 Å². The summed E-state index contributed by atoms with van der Waals surface area (Å²) in [7, 11) is 0. The summed E-state index contributed by atoms with van der Waals surface area (Å²) >= 11 is 0. The molecule has 2 fully saturated rings. The second-order valence-electron chi connectivity index (χ2n) is 6.29. The molecule has 4 nitrogen and oxygen atoms in total. The highest BCUT2D eigenvalue weighted by Crippen LogP contribution is 2.33. The number of fused-ring (bicyclic) bond motifs is 1. The van der Waals surface area contributed by atoms with E-state index in [2.05, 4.69) is 12.2 Å². The maximum Gasteiger partial charge on any atom is 0.260 e. The molecule has 0 unspecified atom stereocenters. The fourth-order valence-corrected chi connectivity index (χ4v) is 3.68. The molecule has 2 heterocycles. The Morgan fingerprint density at radius 1 is 1.38 bits per heavy atom. The molecule has 2 aliphatic rings. The van der Waals surface area contributed by atoms with Crippen LogP contribution in [0.25, 0.3) is 0 Å². The van der Waals surface area contributed by atoms with Crippen molar-refractivity contribution in [2.45, 2.75) is 44.2 Å². The third-order valence-electron chi connectivity index (χ3n) is 4.82. The van der Waals surface area contributed by atoms with Crippen molar-refractivity contribution < 1.29 is 9.53 Å². The van der Waals surface area contributed by atoms with Gasteiger partial charge in [0.25, 0.3) is 5.91 Å². The zero-order valence-corrected chi connectivity index (χ0v) is 12.7. The number of hydrogen-bond acceptors (Lipinski definition) is 3. The van der Waals surface area contributed by atoms with Gasteiger partial charge in [-0.2, -0.15) is 0 Å². The lowest BCUT2D eigenvalue weighted by Gasteiger charge is -2.51. The van der Waals surface area contributed by atoms with Crippen LogP contribution in [0.5, 0.6) is 5.75 Å².